The van der Waals surface area contributed by atoms with E-state index in [0.29, 0.717) is 44.6 Å². The first-order valence-electron chi connectivity index (χ1n) is 9.76. The van der Waals surface area contributed by atoms with Crippen molar-refractivity contribution in [1.82, 2.24) is 10.0 Å². The minimum absolute atomic E-state index is 0.0339. The number of ether oxygens (including phenoxy) is 1. The Hall–Kier alpha value is -2.03. The molecular weight excluding hydrogens is 420 g/mol. The van der Waals surface area contributed by atoms with Crippen LogP contribution in [-0.4, -0.2) is 58.8 Å². The molecule has 8 heteroatoms. The van der Waals surface area contributed by atoms with E-state index in [4.69, 9.17) is 4.74 Å². The van der Waals surface area contributed by atoms with E-state index in [1.807, 2.05) is 36.2 Å². The Morgan fingerprint density at radius 1 is 1.30 bits per heavy atom. The Labute approximate surface area is 186 Å². The van der Waals surface area contributed by atoms with Gasteiger partial charge in [0.2, 0.25) is 0 Å². The van der Waals surface area contributed by atoms with Crippen LogP contribution in [0, 0.1) is 6.92 Å². The number of thioether (sulfide) groups is 2. The predicted molar refractivity (Wildman–Crippen MR) is 124 cm³/mol. The molecule has 1 heterocycles. The van der Waals surface area contributed by atoms with Crippen LogP contribution >= 0.6 is 23.5 Å². The van der Waals surface area contributed by atoms with E-state index in [0.717, 1.165) is 27.8 Å². The summed E-state index contributed by atoms with van der Waals surface area (Å²) in [5.74, 6) is 0.855. The molecule has 1 amide bonds. The second-order valence-electron chi connectivity index (χ2n) is 6.82. The molecule has 30 heavy (non-hydrogen) atoms. The van der Waals surface area contributed by atoms with Crippen LogP contribution in [-0.2, 0) is 16.0 Å². The Bertz CT molecular complexity index is 810. The molecule has 2 rings (SSSR count). The maximum absolute atomic E-state index is 12.5. The number of amides is 1. The third-order valence-electron chi connectivity index (χ3n) is 4.51. The summed E-state index contributed by atoms with van der Waals surface area (Å²) in [6, 6.07) is 7.96. The fraction of sp³-hybridized carbons (Fsp3) is 0.409. The molecule has 0 radical (unpaired) electrons. The molecule has 0 saturated carbocycles. The highest BCUT2D eigenvalue weighted by Gasteiger charge is 2.27. The van der Waals surface area contributed by atoms with Crippen molar-refractivity contribution in [3.8, 4) is 0 Å². The molecule has 0 spiro atoms. The molecule has 0 atom stereocenters. The lowest BCUT2D eigenvalue weighted by atomic mass is 10.0. The molecule has 0 N–H and O–H groups in total. The van der Waals surface area contributed by atoms with Gasteiger partial charge in [-0.25, -0.2) is 9.80 Å². The molecule has 1 aliphatic rings. The van der Waals surface area contributed by atoms with Crippen molar-refractivity contribution in [2.75, 3.05) is 32.5 Å². The van der Waals surface area contributed by atoms with E-state index in [-0.39, 0.29) is 11.0 Å². The first-order valence-corrected chi connectivity index (χ1v) is 11.6. The summed E-state index contributed by atoms with van der Waals surface area (Å²) < 4.78 is 4.70. The summed E-state index contributed by atoms with van der Waals surface area (Å²) in [4.78, 5) is 37.2. The highest BCUT2D eigenvalue weighted by atomic mass is 32.2. The third-order valence-corrected chi connectivity index (χ3v) is 6.29. The molecule has 0 aromatic heterocycles. The van der Waals surface area contributed by atoms with Crippen molar-refractivity contribution >= 4 is 39.8 Å². The number of ketones is 1. The second kappa shape index (κ2) is 12.6. The van der Waals surface area contributed by atoms with E-state index in [1.165, 1.54) is 18.9 Å². The van der Waals surface area contributed by atoms with Crippen LogP contribution in [0.2, 0.25) is 0 Å². The number of allylic oxidation sites excluding steroid dienone is 2. The molecule has 1 aromatic carbocycles. The van der Waals surface area contributed by atoms with Crippen LogP contribution in [0.4, 0.5) is 9.59 Å². The average molecular weight is 449 g/mol. The molecule has 1 saturated heterocycles. The zero-order chi connectivity index (χ0) is 21.9. The summed E-state index contributed by atoms with van der Waals surface area (Å²) in [5.41, 5.74) is 2.15. The number of rotatable bonds is 10. The van der Waals surface area contributed by atoms with E-state index >= 15 is 0 Å². The molecule has 0 aliphatic carbocycles. The minimum Gasteiger partial charge on any atom is -0.461 e. The van der Waals surface area contributed by atoms with Gasteiger partial charge in [-0.2, -0.15) is 0 Å². The summed E-state index contributed by atoms with van der Waals surface area (Å²) in [6.07, 6.45) is 4.65. The Balaban J connectivity index is 1.92. The molecule has 1 aromatic rings. The SMILES string of the molecule is C=C/C=C(/CCN1C(=O)SCCN1CCC(=O)Cc1cccc(C)c1)SC(=O)OC. The number of benzene rings is 1. The zero-order valence-corrected chi connectivity index (χ0v) is 19.1. The number of nitrogens with zero attached hydrogens (tertiary/aromatic N) is 2. The summed E-state index contributed by atoms with van der Waals surface area (Å²) in [5, 5.41) is 3.19. The lowest BCUT2D eigenvalue weighted by Gasteiger charge is -2.38. The van der Waals surface area contributed by atoms with Crippen molar-refractivity contribution in [3.05, 3.63) is 59.0 Å². The van der Waals surface area contributed by atoms with Gasteiger partial charge in [0, 0.05) is 38.2 Å². The van der Waals surface area contributed by atoms with E-state index < -0.39 is 5.30 Å². The van der Waals surface area contributed by atoms with E-state index in [2.05, 4.69) is 6.58 Å². The van der Waals surface area contributed by atoms with Crippen molar-refractivity contribution in [2.45, 2.75) is 26.2 Å². The second-order valence-corrected chi connectivity index (χ2v) is 8.93. The van der Waals surface area contributed by atoms with Gasteiger partial charge in [-0.15, -0.1) is 0 Å². The van der Waals surface area contributed by atoms with Gasteiger partial charge in [0.25, 0.3) is 5.24 Å². The number of hydrazine groups is 1. The van der Waals surface area contributed by atoms with Crippen molar-refractivity contribution in [3.63, 3.8) is 0 Å². The normalized spacial score (nSPS) is 15.2. The van der Waals surface area contributed by atoms with Crippen LogP contribution in [0.5, 0.6) is 0 Å². The van der Waals surface area contributed by atoms with Crippen LogP contribution in [0.3, 0.4) is 0 Å². The smallest absolute Gasteiger partial charge is 0.371 e. The Morgan fingerprint density at radius 2 is 2.10 bits per heavy atom. The van der Waals surface area contributed by atoms with Gasteiger partial charge < -0.3 is 4.74 Å². The van der Waals surface area contributed by atoms with Gasteiger partial charge in [0.1, 0.15) is 5.78 Å². The van der Waals surface area contributed by atoms with Gasteiger partial charge >= 0.3 is 5.30 Å². The first-order chi connectivity index (χ1) is 14.4. The lowest BCUT2D eigenvalue weighted by molar-refractivity contribution is -0.119. The Morgan fingerprint density at radius 3 is 2.80 bits per heavy atom. The van der Waals surface area contributed by atoms with Gasteiger partial charge in [0.15, 0.2) is 0 Å². The molecule has 1 fully saturated rings. The lowest BCUT2D eigenvalue weighted by Crippen LogP contribution is -2.50. The minimum atomic E-state index is -0.402. The number of Topliss-reactive ketones (excluding diaryl/α,β-unsaturated/α-hetero) is 1. The van der Waals surface area contributed by atoms with Crippen molar-refractivity contribution < 1.29 is 19.1 Å². The summed E-state index contributed by atoms with van der Waals surface area (Å²) >= 11 is 2.27. The topological polar surface area (TPSA) is 66.9 Å². The maximum Gasteiger partial charge on any atom is 0.371 e. The molecule has 6 nitrogen and oxygen atoms in total. The standard InChI is InChI=1S/C22H28N2O4S2/c1-4-6-20(30-22(27)28-3)10-12-24-21(26)29-14-13-23(24)11-9-19(25)16-18-8-5-7-17(2)15-18/h4-8,15H,1,9-14,16H2,2-3H3/b20-6-. The van der Waals surface area contributed by atoms with Gasteiger partial charge in [-0.1, -0.05) is 60.3 Å². The van der Waals surface area contributed by atoms with Crippen LogP contribution in [0.1, 0.15) is 24.0 Å². The first kappa shape index (κ1) is 24.2. The third kappa shape index (κ3) is 8.01. The van der Waals surface area contributed by atoms with Crippen LogP contribution in [0.25, 0.3) is 0 Å². The number of carbonyl (C=O) groups is 3. The highest BCUT2D eigenvalue weighted by molar-refractivity contribution is 8.16. The number of methoxy groups -OCH3 is 1. The average Bonchev–Trinajstić information content (AvgIpc) is 2.71. The fourth-order valence-electron chi connectivity index (χ4n) is 3.07. The van der Waals surface area contributed by atoms with Gasteiger partial charge in [-0.05, 0) is 35.6 Å². The van der Waals surface area contributed by atoms with E-state index in [1.54, 1.807) is 17.2 Å². The van der Waals surface area contributed by atoms with Gasteiger partial charge in [0.05, 0.1) is 7.11 Å². The molecule has 1 aliphatic heterocycles. The number of carbonyl (C=O) groups excluding carboxylic acids is 3. The molecule has 0 unspecified atom stereocenters. The van der Waals surface area contributed by atoms with Crippen molar-refractivity contribution in [1.29, 1.82) is 0 Å². The summed E-state index contributed by atoms with van der Waals surface area (Å²) in [6.45, 7) is 7.32. The number of aryl methyl sites for hydroxylation is 1. The molecule has 162 valence electrons. The largest absolute Gasteiger partial charge is 0.461 e. The Kier molecular flexibility index (Phi) is 10.2. The van der Waals surface area contributed by atoms with Crippen molar-refractivity contribution in [2.24, 2.45) is 0 Å². The van der Waals surface area contributed by atoms with Crippen LogP contribution in [0.15, 0.2) is 47.9 Å². The summed E-state index contributed by atoms with van der Waals surface area (Å²) in [7, 11) is 1.33. The molecular formula is C22H28N2O4S2. The van der Waals surface area contributed by atoms with Gasteiger partial charge in [-0.3, -0.25) is 14.6 Å². The highest BCUT2D eigenvalue weighted by Crippen LogP contribution is 2.25. The monoisotopic (exact) mass is 448 g/mol. The number of hydrogen-bond donors (Lipinski definition) is 0. The fourth-order valence-corrected chi connectivity index (χ4v) is 4.56. The quantitative estimate of drug-likeness (QED) is 0.375. The molecule has 0 bridgehead atoms. The number of hydrogen-bond acceptors (Lipinski definition) is 7. The zero-order valence-electron chi connectivity index (χ0n) is 17.5. The maximum atomic E-state index is 12.5. The predicted octanol–water partition coefficient (Wildman–Crippen LogP) is 4.84. The van der Waals surface area contributed by atoms with Crippen LogP contribution < -0.4 is 0 Å². The van der Waals surface area contributed by atoms with E-state index in [9.17, 15) is 14.4 Å².